The quantitative estimate of drug-likeness (QED) is 0.0633. The molecule has 1 aliphatic rings. The first kappa shape index (κ1) is 35.2. The van der Waals surface area contributed by atoms with E-state index in [1.807, 2.05) is 91.0 Å². The van der Waals surface area contributed by atoms with Crippen LogP contribution in [0, 0.1) is 10.1 Å². The second-order valence-electron chi connectivity index (χ2n) is 13.1. The summed E-state index contributed by atoms with van der Waals surface area (Å²) in [5.74, 6) is -1.88. The van der Waals surface area contributed by atoms with Gasteiger partial charge in [0.1, 0.15) is 12.6 Å². The summed E-state index contributed by atoms with van der Waals surface area (Å²) >= 11 is 0. The third-order valence-electron chi connectivity index (χ3n) is 8.81. The Bertz CT molecular complexity index is 1740. The Kier molecular flexibility index (Phi) is 10.4. The normalized spacial score (nSPS) is 17.4. The topological polar surface area (TPSA) is 125 Å². The van der Waals surface area contributed by atoms with Gasteiger partial charge in [-0.3, -0.25) is 19.7 Å². The summed E-state index contributed by atoms with van der Waals surface area (Å²) in [7, 11) is -3.22. The highest BCUT2D eigenvalue weighted by Crippen LogP contribution is 2.43. The molecule has 5 rings (SSSR count). The molecule has 4 atom stereocenters. The van der Waals surface area contributed by atoms with E-state index in [9.17, 15) is 24.5 Å². The van der Waals surface area contributed by atoms with Crippen LogP contribution in [0.25, 0.3) is 0 Å². The van der Waals surface area contributed by atoms with Gasteiger partial charge in [0.05, 0.1) is 11.0 Å². The average molecular weight is 681 g/mol. The molecule has 1 saturated heterocycles. The fourth-order valence-corrected chi connectivity index (χ4v) is 11.3. The predicted molar refractivity (Wildman–Crippen MR) is 186 cm³/mol. The minimum atomic E-state index is -3.22. The molecule has 0 saturated carbocycles. The van der Waals surface area contributed by atoms with Gasteiger partial charge in [-0.2, -0.15) is 0 Å². The monoisotopic (exact) mass is 680 g/mol. The molecule has 1 fully saturated rings. The highest BCUT2D eigenvalue weighted by Gasteiger charge is 2.59. The molecular formula is C38H40N2O8Si. The Morgan fingerprint density at radius 3 is 1.84 bits per heavy atom. The summed E-state index contributed by atoms with van der Waals surface area (Å²) in [6, 6.07) is 32.6. The van der Waals surface area contributed by atoms with Crippen molar-refractivity contribution in [3.05, 3.63) is 137 Å². The number of amides is 1. The molecule has 0 unspecified atom stereocenters. The van der Waals surface area contributed by atoms with E-state index >= 15 is 0 Å². The maximum atomic E-state index is 14.3. The van der Waals surface area contributed by atoms with Gasteiger partial charge in [0, 0.05) is 19.1 Å². The van der Waals surface area contributed by atoms with Crippen LogP contribution in [-0.2, 0) is 34.9 Å². The molecule has 1 aliphatic heterocycles. The van der Waals surface area contributed by atoms with Crippen molar-refractivity contribution in [1.82, 2.24) is 4.90 Å². The second kappa shape index (κ2) is 14.5. The number of carbonyl (C=O) groups excluding carboxylic acids is 3. The molecule has 0 N–H and O–H groups in total. The maximum absolute atomic E-state index is 14.3. The number of ether oxygens (including phenoxy) is 2. The van der Waals surface area contributed by atoms with Crippen molar-refractivity contribution in [1.29, 1.82) is 0 Å². The number of benzene rings is 4. The lowest BCUT2D eigenvalue weighted by Gasteiger charge is -2.52. The molecule has 10 nitrogen and oxygen atoms in total. The van der Waals surface area contributed by atoms with Gasteiger partial charge in [0.2, 0.25) is 6.10 Å². The Morgan fingerprint density at radius 2 is 1.37 bits per heavy atom. The van der Waals surface area contributed by atoms with Gasteiger partial charge < -0.3 is 18.8 Å². The Hall–Kier alpha value is -5.13. The van der Waals surface area contributed by atoms with Gasteiger partial charge in [-0.1, -0.05) is 112 Å². The number of esters is 2. The molecule has 4 aromatic rings. The van der Waals surface area contributed by atoms with Gasteiger partial charge in [-0.25, -0.2) is 4.79 Å². The molecule has 4 aromatic carbocycles. The van der Waals surface area contributed by atoms with Gasteiger partial charge in [-0.05, 0) is 45.6 Å². The van der Waals surface area contributed by atoms with Crippen molar-refractivity contribution in [3.8, 4) is 0 Å². The van der Waals surface area contributed by atoms with Crippen molar-refractivity contribution in [2.45, 2.75) is 70.6 Å². The first-order valence-electron chi connectivity index (χ1n) is 16.1. The summed E-state index contributed by atoms with van der Waals surface area (Å²) in [5, 5.41) is 12.7. The van der Waals surface area contributed by atoms with Crippen molar-refractivity contribution in [3.63, 3.8) is 0 Å². The number of nitrogens with zero attached hydrogens (tertiary/aromatic N) is 2. The third-order valence-corrected chi connectivity index (χ3v) is 13.9. The number of β-lactam (4-membered cyclic amide) rings is 1. The number of non-ortho nitro benzene ring substituents is 1. The van der Waals surface area contributed by atoms with Crippen molar-refractivity contribution in [2.24, 2.45) is 0 Å². The minimum Gasteiger partial charge on any atom is -0.459 e. The van der Waals surface area contributed by atoms with Gasteiger partial charge in [0.25, 0.3) is 19.9 Å². The van der Waals surface area contributed by atoms with Crippen molar-refractivity contribution in [2.75, 3.05) is 0 Å². The first-order chi connectivity index (χ1) is 23.3. The van der Waals surface area contributed by atoms with E-state index in [0.29, 0.717) is 11.1 Å². The Morgan fingerprint density at radius 1 is 0.857 bits per heavy atom. The zero-order valence-electron chi connectivity index (χ0n) is 28.1. The zero-order chi connectivity index (χ0) is 35.3. The van der Waals surface area contributed by atoms with E-state index in [2.05, 4.69) is 20.8 Å². The van der Waals surface area contributed by atoms with E-state index in [0.717, 1.165) is 10.4 Å². The Balaban J connectivity index is 1.59. The molecule has 0 spiro atoms. The van der Waals surface area contributed by atoms with Crippen molar-refractivity contribution >= 4 is 42.2 Å². The fourth-order valence-electron chi connectivity index (χ4n) is 6.59. The lowest BCUT2D eigenvalue weighted by molar-refractivity contribution is -0.384. The molecule has 1 heterocycles. The van der Waals surface area contributed by atoms with Crippen LogP contribution in [-0.4, -0.2) is 54.2 Å². The molecule has 0 bridgehead atoms. The van der Waals surface area contributed by atoms with Crippen LogP contribution in [0.3, 0.4) is 0 Å². The summed E-state index contributed by atoms with van der Waals surface area (Å²) in [6.45, 7) is 9.17. The van der Waals surface area contributed by atoms with Crippen molar-refractivity contribution < 1.29 is 33.2 Å². The van der Waals surface area contributed by atoms with Crippen LogP contribution in [0.5, 0.6) is 0 Å². The number of nitro groups is 1. The van der Waals surface area contributed by atoms with E-state index < -0.39 is 60.4 Å². The number of hydrogen-bond acceptors (Lipinski definition) is 8. The van der Waals surface area contributed by atoms with Gasteiger partial charge in [0.15, 0.2) is 6.04 Å². The minimum absolute atomic E-state index is 0.0892. The van der Waals surface area contributed by atoms with E-state index in [-0.39, 0.29) is 12.3 Å². The summed E-state index contributed by atoms with van der Waals surface area (Å²) in [5.41, 5.74) is 1.12. The van der Waals surface area contributed by atoms with E-state index in [1.54, 1.807) is 6.92 Å². The van der Waals surface area contributed by atoms with Crippen LogP contribution in [0.15, 0.2) is 115 Å². The summed E-state index contributed by atoms with van der Waals surface area (Å²) in [4.78, 5) is 52.4. The van der Waals surface area contributed by atoms with Gasteiger partial charge >= 0.3 is 11.9 Å². The number of rotatable bonds is 12. The molecule has 11 heteroatoms. The number of hydrogen-bond donors (Lipinski definition) is 0. The van der Waals surface area contributed by atoms with Crippen LogP contribution in [0.4, 0.5) is 5.69 Å². The molecule has 254 valence electrons. The second-order valence-corrected chi connectivity index (χ2v) is 17.3. The summed E-state index contributed by atoms with van der Waals surface area (Å²) in [6.07, 6.45) is -2.03. The number of carbonyl (C=O) groups is 3. The highest BCUT2D eigenvalue weighted by molar-refractivity contribution is 6.99. The van der Waals surface area contributed by atoms with E-state index in [1.165, 1.54) is 36.1 Å². The summed E-state index contributed by atoms with van der Waals surface area (Å²) < 4.78 is 18.7. The smallest absolute Gasteiger partial charge is 0.331 e. The largest absolute Gasteiger partial charge is 0.459 e. The number of likely N-dealkylation sites (tertiary alicyclic amines) is 1. The first-order valence-corrected chi connectivity index (χ1v) is 18.0. The van der Waals surface area contributed by atoms with Crippen LogP contribution < -0.4 is 10.4 Å². The fraction of sp³-hybridized carbons (Fsp3) is 0.289. The molecule has 1 amide bonds. The SMILES string of the molecule is CC(=O)O[C@H]1C(=O)N([C@H](C(=O)OCc2ccc([N+](=O)[O-])cc2)[C@@H](C)O[Si](c2ccccc2)(c2ccccc2)C(C)(C)C)[C@H]1c1ccccc1. The zero-order valence-corrected chi connectivity index (χ0v) is 29.1. The number of nitro benzene ring substituents is 1. The molecule has 0 radical (unpaired) electrons. The lowest BCUT2D eigenvalue weighted by atomic mass is 9.87. The molecule has 49 heavy (non-hydrogen) atoms. The molecular weight excluding hydrogens is 641 g/mol. The van der Waals surface area contributed by atoms with Crippen LogP contribution in [0.2, 0.25) is 5.04 Å². The average Bonchev–Trinajstić information content (AvgIpc) is 3.09. The van der Waals surface area contributed by atoms with Crippen LogP contribution in [0.1, 0.15) is 51.8 Å². The maximum Gasteiger partial charge on any atom is 0.331 e. The lowest BCUT2D eigenvalue weighted by Crippen LogP contribution is -2.72. The predicted octanol–water partition coefficient (Wildman–Crippen LogP) is 5.49. The van der Waals surface area contributed by atoms with Crippen LogP contribution >= 0.6 is 0 Å². The molecule has 0 aromatic heterocycles. The standard InChI is InChI=1S/C38H40N2O8Si/c1-26(48-49(38(3,4)5,31-17-11-7-12-18-31)32-19-13-8-14-20-32)33(37(43)46-25-28-21-23-30(24-22-28)40(44)45)39-34(29-15-9-6-10-16-29)35(36(39)42)47-27(2)41/h6-24,26,33-35H,25H2,1-5H3/t26-,33+,34+,35-/m1/s1. The van der Waals surface area contributed by atoms with Gasteiger partial charge in [-0.15, -0.1) is 0 Å². The Labute approximate surface area is 286 Å². The third kappa shape index (κ3) is 7.18. The molecule has 0 aliphatic carbocycles. The highest BCUT2D eigenvalue weighted by atomic mass is 28.4. The van der Waals surface area contributed by atoms with E-state index in [4.69, 9.17) is 13.9 Å².